The smallest absolute Gasteiger partial charge is 0.240 e. The van der Waals surface area contributed by atoms with Crippen LogP contribution in [0.1, 0.15) is 33.1 Å². The van der Waals surface area contributed by atoms with E-state index in [4.69, 9.17) is 0 Å². The summed E-state index contributed by atoms with van der Waals surface area (Å²) < 4.78 is 0. The highest BCUT2D eigenvalue weighted by Gasteiger charge is 2.34. The topological polar surface area (TPSA) is 26.8 Å². The first-order chi connectivity index (χ1) is 11.2. The molecule has 2 aliphatic rings. The van der Waals surface area contributed by atoms with E-state index in [0.29, 0.717) is 11.9 Å². The first-order valence-electron chi connectivity index (χ1n) is 9.01. The molecule has 1 aromatic carbocycles. The average molecular weight is 315 g/mol. The Hall–Kier alpha value is -1.55. The lowest BCUT2D eigenvalue weighted by atomic mass is 10.0. The largest absolute Gasteiger partial charge is 0.370 e. The summed E-state index contributed by atoms with van der Waals surface area (Å²) in [5, 5.41) is 0. The van der Waals surface area contributed by atoms with Crippen LogP contribution in [0.5, 0.6) is 0 Å². The molecule has 0 saturated carbocycles. The van der Waals surface area contributed by atoms with Gasteiger partial charge in [-0.15, -0.1) is 0 Å². The number of hydrogen-bond donors (Lipinski definition) is 0. The lowest BCUT2D eigenvalue weighted by Crippen LogP contribution is -2.55. The van der Waals surface area contributed by atoms with Crippen molar-refractivity contribution in [3.63, 3.8) is 0 Å². The summed E-state index contributed by atoms with van der Waals surface area (Å²) in [7, 11) is 0. The highest BCUT2D eigenvalue weighted by molar-refractivity contribution is 5.82. The van der Waals surface area contributed by atoms with Gasteiger partial charge in [0, 0.05) is 44.5 Å². The van der Waals surface area contributed by atoms with Crippen molar-refractivity contribution in [3.05, 3.63) is 30.3 Å². The van der Waals surface area contributed by atoms with Crippen molar-refractivity contribution in [2.24, 2.45) is 0 Å². The van der Waals surface area contributed by atoms with Gasteiger partial charge < -0.3 is 9.80 Å². The SMILES string of the molecule is CC(C)N1CCCC(N2CCCN(c3ccccc3)CC2)C1=O. The maximum Gasteiger partial charge on any atom is 0.240 e. The van der Waals surface area contributed by atoms with Crippen LogP contribution in [0.4, 0.5) is 5.69 Å². The first kappa shape index (κ1) is 16.3. The van der Waals surface area contributed by atoms with Gasteiger partial charge in [0.05, 0.1) is 6.04 Å². The molecule has 0 aliphatic carbocycles. The predicted molar refractivity (Wildman–Crippen MR) is 94.7 cm³/mol. The van der Waals surface area contributed by atoms with Crippen LogP contribution in [0, 0.1) is 0 Å². The third-order valence-corrected chi connectivity index (χ3v) is 5.16. The van der Waals surface area contributed by atoms with E-state index in [1.807, 2.05) is 0 Å². The molecule has 2 heterocycles. The third kappa shape index (κ3) is 3.69. The number of nitrogens with zero attached hydrogens (tertiary/aromatic N) is 3. The van der Waals surface area contributed by atoms with Gasteiger partial charge in [-0.05, 0) is 45.2 Å². The predicted octanol–water partition coefficient (Wildman–Crippen LogP) is 2.60. The Bertz CT molecular complexity index is 517. The fourth-order valence-corrected chi connectivity index (χ4v) is 3.88. The van der Waals surface area contributed by atoms with Gasteiger partial charge >= 0.3 is 0 Å². The van der Waals surface area contributed by atoms with E-state index < -0.39 is 0 Å². The number of carbonyl (C=O) groups excluding carboxylic acids is 1. The Morgan fingerprint density at radius 1 is 0.957 bits per heavy atom. The van der Waals surface area contributed by atoms with Crippen molar-refractivity contribution >= 4 is 11.6 Å². The molecule has 2 fully saturated rings. The second-order valence-corrected chi connectivity index (χ2v) is 7.00. The van der Waals surface area contributed by atoms with Crippen molar-refractivity contribution in [2.45, 2.75) is 45.2 Å². The number of rotatable bonds is 3. The standard InChI is InChI=1S/C19H29N3O/c1-16(2)22-13-6-10-18(19(22)23)21-12-7-11-20(14-15-21)17-8-4-3-5-9-17/h3-5,8-9,16,18H,6-7,10-15H2,1-2H3. The highest BCUT2D eigenvalue weighted by Crippen LogP contribution is 2.22. The first-order valence-corrected chi connectivity index (χ1v) is 9.01. The molecule has 3 rings (SSSR count). The Kier molecular flexibility index (Phi) is 5.21. The molecule has 1 atom stereocenters. The molecule has 126 valence electrons. The molecule has 0 bridgehead atoms. The summed E-state index contributed by atoms with van der Waals surface area (Å²) in [6.07, 6.45) is 3.28. The van der Waals surface area contributed by atoms with E-state index in [0.717, 1.165) is 52.0 Å². The van der Waals surface area contributed by atoms with Gasteiger partial charge in [0.15, 0.2) is 0 Å². The zero-order chi connectivity index (χ0) is 16.2. The molecule has 4 nitrogen and oxygen atoms in total. The van der Waals surface area contributed by atoms with Crippen molar-refractivity contribution < 1.29 is 4.79 Å². The maximum absolute atomic E-state index is 12.8. The van der Waals surface area contributed by atoms with Crippen LogP contribution >= 0.6 is 0 Å². The van der Waals surface area contributed by atoms with Crippen LogP contribution in [-0.2, 0) is 4.79 Å². The Morgan fingerprint density at radius 2 is 1.74 bits per heavy atom. The number of likely N-dealkylation sites (tertiary alicyclic amines) is 1. The Balaban J connectivity index is 1.65. The second-order valence-electron chi connectivity index (χ2n) is 7.00. The minimum absolute atomic E-state index is 0.0990. The molecule has 1 unspecified atom stereocenters. The van der Waals surface area contributed by atoms with Gasteiger partial charge in [0.1, 0.15) is 0 Å². The number of benzene rings is 1. The van der Waals surface area contributed by atoms with Crippen molar-refractivity contribution in [1.29, 1.82) is 0 Å². The molecule has 0 spiro atoms. The third-order valence-electron chi connectivity index (χ3n) is 5.16. The second kappa shape index (κ2) is 7.35. The minimum atomic E-state index is 0.0990. The van der Waals surface area contributed by atoms with Crippen LogP contribution in [0.25, 0.3) is 0 Å². The summed E-state index contributed by atoms with van der Waals surface area (Å²) in [6, 6.07) is 11.0. The van der Waals surface area contributed by atoms with Crippen LogP contribution in [0.15, 0.2) is 30.3 Å². The van der Waals surface area contributed by atoms with Gasteiger partial charge in [0.25, 0.3) is 0 Å². The lowest BCUT2D eigenvalue weighted by molar-refractivity contribution is -0.142. The number of piperidine rings is 1. The van der Waals surface area contributed by atoms with Crippen LogP contribution in [-0.4, -0.2) is 60.5 Å². The molecule has 23 heavy (non-hydrogen) atoms. The van der Waals surface area contributed by atoms with Crippen molar-refractivity contribution in [1.82, 2.24) is 9.80 Å². The quantitative estimate of drug-likeness (QED) is 0.858. The van der Waals surface area contributed by atoms with Crippen LogP contribution in [0.3, 0.4) is 0 Å². The van der Waals surface area contributed by atoms with Gasteiger partial charge in [-0.1, -0.05) is 18.2 Å². The number of hydrogen-bond acceptors (Lipinski definition) is 3. The maximum atomic E-state index is 12.8. The van der Waals surface area contributed by atoms with E-state index >= 15 is 0 Å². The van der Waals surface area contributed by atoms with Crippen LogP contribution in [0.2, 0.25) is 0 Å². The molecular weight excluding hydrogens is 286 g/mol. The molecular formula is C19H29N3O. The van der Waals surface area contributed by atoms with E-state index in [-0.39, 0.29) is 6.04 Å². The molecule has 1 aromatic rings. The van der Waals surface area contributed by atoms with Gasteiger partial charge in [-0.3, -0.25) is 9.69 Å². The van der Waals surface area contributed by atoms with Gasteiger partial charge in [0.2, 0.25) is 5.91 Å². The molecule has 1 amide bonds. The summed E-state index contributed by atoms with van der Waals surface area (Å²) in [6.45, 7) is 9.28. The van der Waals surface area contributed by atoms with Gasteiger partial charge in [-0.25, -0.2) is 0 Å². The van der Waals surface area contributed by atoms with E-state index in [2.05, 4.69) is 58.9 Å². The Labute approximate surface area is 140 Å². The number of anilines is 1. The molecule has 4 heteroatoms. The normalized spacial score (nSPS) is 24.1. The number of carbonyl (C=O) groups is 1. The zero-order valence-electron chi connectivity index (χ0n) is 14.4. The highest BCUT2D eigenvalue weighted by atomic mass is 16.2. The van der Waals surface area contributed by atoms with Gasteiger partial charge in [-0.2, -0.15) is 0 Å². The molecule has 0 radical (unpaired) electrons. The van der Waals surface area contributed by atoms with Crippen LogP contribution < -0.4 is 4.90 Å². The fraction of sp³-hybridized carbons (Fsp3) is 0.632. The summed E-state index contributed by atoms with van der Waals surface area (Å²) in [5.41, 5.74) is 1.30. The van der Waals surface area contributed by atoms with E-state index in [1.54, 1.807) is 0 Å². The summed E-state index contributed by atoms with van der Waals surface area (Å²) in [4.78, 5) is 19.7. The lowest BCUT2D eigenvalue weighted by Gasteiger charge is -2.40. The van der Waals surface area contributed by atoms with Crippen molar-refractivity contribution in [3.8, 4) is 0 Å². The molecule has 0 N–H and O–H groups in total. The summed E-state index contributed by atoms with van der Waals surface area (Å²) in [5.74, 6) is 0.347. The molecule has 0 aromatic heterocycles. The zero-order valence-corrected chi connectivity index (χ0v) is 14.4. The number of amides is 1. The summed E-state index contributed by atoms with van der Waals surface area (Å²) >= 11 is 0. The van der Waals surface area contributed by atoms with E-state index in [1.165, 1.54) is 5.69 Å². The van der Waals surface area contributed by atoms with E-state index in [9.17, 15) is 4.79 Å². The number of para-hydroxylation sites is 1. The Morgan fingerprint density at radius 3 is 2.48 bits per heavy atom. The molecule has 2 aliphatic heterocycles. The monoisotopic (exact) mass is 315 g/mol. The fourth-order valence-electron chi connectivity index (χ4n) is 3.88. The molecule has 2 saturated heterocycles. The minimum Gasteiger partial charge on any atom is -0.370 e. The average Bonchev–Trinajstić information content (AvgIpc) is 2.81. The van der Waals surface area contributed by atoms with Crippen molar-refractivity contribution in [2.75, 3.05) is 37.6 Å².